The zero-order chi connectivity index (χ0) is 19.5. The average molecular weight is 383 g/mol. The fourth-order valence-corrected chi connectivity index (χ4v) is 3.89. The van der Waals surface area contributed by atoms with Gasteiger partial charge in [0.15, 0.2) is 0 Å². The number of fused-ring (bicyclic) bond motifs is 1. The molecule has 1 heterocycles. The molecule has 4 unspecified atom stereocenters. The Bertz CT molecular complexity index is 589. The van der Waals surface area contributed by atoms with E-state index in [1.807, 2.05) is 17.5 Å². The van der Waals surface area contributed by atoms with Gasteiger partial charge < -0.3 is 20.3 Å². The van der Waals surface area contributed by atoms with Gasteiger partial charge in [-0.3, -0.25) is 14.4 Å². The van der Waals surface area contributed by atoms with Crippen LogP contribution in [0.1, 0.15) is 17.7 Å². The highest BCUT2D eigenvalue weighted by atomic mass is 32.1. The van der Waals surface area contributed by atoms with Crippen molar-refractivity contribution in [3.05, 3.63) is 35.0 Å². The lowest BCUT2D eigenvalue weighted by atomic mass is 10.0. The first-order valence-corrected chi connectivity index (χ1v) is 9.06. The van der Waals surface area contributed by atoms with Gasteiger partial charge in [0.05, 0.1) is 18.4 Å². The van der Waals surface area contributed by atoms with Crippen LogP contribution >= 0.6 is 11.3 Å². The Hall–Kier alpha value is -2.19. The molecular weight excluding hydrogens is 358 g/mol. The molecule has 0 saturated heterocycles. The first-order chi connectivity index (χ1) is 12.5. The van der Waals surface area contributed by atoms with E-state index in [-0.39, 0.29) is 36.1 Å². The Morgan fingerprint density at radius 2 is 2.15 bits per heavy atom. The summed E-state index contributed by atoms with van der Waals surface area (Å²) < 4.78 is 9.85. The Labute approximate surface area is 156 Å². The first kappa shape index (κ1) is 21.9. The van der Waals surface area contributed by atoms with E-state index >= 15 is 0 Å². The summed E-state index contributed by atoms with van der Waals surface area (Å²) in [5.74, 6) is -1.25. The summed E-state index contributed by atoms with van der Waals surface area (Å²) in [6.45, 7) is 4.39. The van der Waals surface area contributed by atoms with Crippen LogP contribution in [-0.2, 0) is 30.5 Å². The highest BCUT2D eigenvalue weighted by Crippen LogP contribution is 2.60. The number of carboxylic acids is 1. The number of hydrogen-bond acceptors (Lipinski definition) is 6. The van der Waals surface area contributed by atoms with E-state index in [0.29, 0.717) is 13.2 Å². The van der Waals surface area contributed by atoms with E-state index in [9.17, 15) is 9.59 Å². The third-order valence-corrected chi connectivity index (χ3v) is 5.16. The van der Waals surface area contributed by atoms with Gasteiger partial charge in [0, 0.05) is 12.0 Å². The lowest BCUT2D eigenvalue weighted by molar-refractivity contribution is -0.151. The summed E-state index contributed by atoms with van der Waals surface area (Å²) in [6.07, 6.45) is 3.59. The van der Waals surface area contributed by atoms with Crippen molar-refractivity contribution in [2.45, 2.75) is 19.4 Å². The maximum absolute atomic E-state index is 11.9. The van der Waals surface area contributed by atoms with Crippen LogP contribution in [-0.4, -0.2) is 37.2 Å². The molecule has 2 fully saturated rings. The van der Waals surface area contributed by atoms with Crippen LogP contribution in [0.5, 0.6) is 0 Å². The number of hydrogen-bond donors (Lipinski definition) is 2. The normalized spacial score (nSPS) is 24.7. The molecule has 0 bridgehead atoms. The second kappa shape index (κ2) is 11.4. The van der Waals surface area contributed by atoms with Crippen molar-refractivity contribution in [2.24, 2.45) is 29.4 Å². The number of amides is 1. The Morgan fingerprint density at radius 3 is 2.58 bits per heavy atom. The highest BCUT2D eigenvalue weighted by molar-refractivity contribution is 7.09. The molecular formula is C18H25NO6S. The zero-order valence-corrected chi connectivity index (χ0v) is 15.5. The standard InChI is InChI=1S/C13H14O4S.C4H8O.CH3NO/c14-12(15)11-8-3-4-9(10(8)11)13(16)17-6-7-2-1-5-18-7;1-3-4-5-2;2-1-3/h1-2,5,8-11H,3-4,6H2,(H,14,15);3H,1,4H2,2H3;1H,(H2,2,3). The molecule has 1 amide bonds. The van der Waals surface area contributed by atoms with Gasteiger partial charge in [-0.1, -0.05) is 12.1 Å². The van der Waals surface area contributed by atoms with Gasteiger partial charge in [-0.2, -0.15) is 0 Å². The molecule has 3 rings (SSSR count). The molecule has 0 aromatic carbocycles. The van der Waals surface area contributed by atoms with E-state index in [4.69, 9.17) is 14.6 Å². The Balaban J connectivity index is 0.000000361. The number of methoxy groups -OCH3 is 1. The molecule has 4 atom stereocenters. The number of ether oxygens (including phenoxy) is 2. The van der Waals surface area contributed by atoms with Crippen molar-refractivity contribution < 1.29 is 29.0 Å². The molecule has 8 heteroatoms. The molecule has 144 valence electrons. The average Bonchev–Trinajstić information content (AvgIpc) is 2.97. The Kier molecular flexibility index (Phi) is 9.61. The largest absolute Gasteiger partial charge is 0.481 e. The van der Waals surface area contributed by atoms with Crippen molar-refractivity contribution in [1.29, 1.82) is 0 Å². The second-order valence-corrected chi connectivity index (χ2v) is 6.89. The second-order valence-electron chi connectivity index (χ2n) is 5.86. The van der Waals surface area contributed by atoms with Crippen LogP contribution in [0.2, 0.25) is 0 Å². The van der Waals surface area contributed by atoms with Crippen molar-refractivity contribution in [1.82, 2.24) is 0 Å². The van der Waals surface area contributed by atoms with Crippen molar-refractivity contribution in [3.8, 4) is 0 Å². The van der Waals surface area contributed by atoms with Gasteiger partial charge in [0.2, 0.25) is 6.41 Å². The maximum atomic E-state index is 11.9. The van der Waals surface area contributed by atoms with E-state index in [1.165, 1.54) is 0 Å². The van der Waals surface area contributed by atoms with E-state index in [1.54, 1.807) is 24.5 Å². The fourth-order valence-electron chi connectivity index (χ4n) is 3.27. The molecule has 0 aliphatic heterocycles. The first-order valence-electron chi connectivity index (χ1n) is 8.18. The zero-order valence-electron chi connectivity index (χ0n) is 14.7. The number of esters is 1. The predicted molar refractivity (Wildman–Crippen MR) is 97.3 cm³/mol. The van der Waals surface area contributed by atoms with Crippen molar-refractivity contribution in [3.63, 3.8) is 0 Å². The third kappa shape index (κ3) is 6.27. The number of carboxylic acid groups (broad SMARTS) is 1. The minimum Gasteiger partial charge on any atom is -0.481 e. The number of primary amides is 1. The molecule has 26 heavy (non-hydrogen) atoms. The monoisotopic (exact) mass is 383 g/mol. The molecule has 2 aliphatic rings. The number of rotatable bonds is 6. The van der Waals surface area contributed by atoms with Crippen LogP contribution in [0.4, 0.5) is 0 Å². The van der Waals surface area contributed by atoms with Gasteiger partial charge in [-0.15, -0.1) is 17.9 Å². The van der Waals surface area contributed by atoms with Crippen molar-refractivity contribution in [2.75, 3.05) is 13.7 Å². The van der Waals surface area contributed by atoms with E-state index in [2.05, 4.69) is 17.0 Å². The fraction of sp³-hybridized carbons (Fsp3) is 0.500. The summed E-state index contributed by atoms with van der Waals surface area (Å²) in [7, 11) is 1.64. The maximum Gasteiger partial charge on any atom is 0.309 e. The van der Waals surface area contributed by atoms with Crippen LogP contribution < -0.4 is 5.73 Å². The van der Waals surface area contributed by atoms with Gasteiger partial charge in [-0.05, 0) is 36.1 Å². The van der Waals surface area contributed by atoms with Crippen LogP contribution in [0.15, 0.2) is 30.2 Å². The van der Waals surface area contributed by atoms with Gasteiger partial charge in [0.25, 0.3) is 0 Å². The SMILES string of the molecule is C=CCOC.NC=O.O=C(OCc1cccs1)C1CCC2C(C(=O)O)C12. The van der Waals surface area contributed by atoms with E-state index in [0.717, 1.165) is 17.7 Å². The molecule has 2 saturated carbocycles. The summed E-state index contributed by atoms with van der Waals surface area (Å²) in [5.41, 5.74) is 4.17. The quantitative estimate of drug-likeness (QED) is 0.441. The number of carbonyl (C=O) groups is 3. The molecule has 0 spiro atoms. The minimum atomic E-state index is -0.763. The minimum absolute atomic E-state index is 0.0262. The number of thiophene rings is 1. The molecule has 7 nitrogen and oxygen atoms in total. The van der Waals surface area contributed by atoms with Crippen LogP contribution in [0.3, 0.4) is 0 Å². The van der Waals surface area contributed by atoms with Gasteiger partial charge in [0.1, 0.15) is 6.61 Å². The molecule has 2 aliphatic carbocycles. The number of aliphatic carboxylic acids is 1. The lowest BCUT2D eigenvalue weighted by Crippen LogP contribution is -2.20. The number of nitrogens with two attached hydrogens (primary N) is 1. The summed E-state index contributed by atoms with van der Waals surface area (Å²) >= 11 is 1.55. The molecule has 0 radical (unpaired) electrons. The van der Waals surface area contributed by atoms with E-state index < -0.39 is 5.97 Å². The molecule has 3 N–H and O–H groups in total. The molecule has 1 aromatic rings. The molecule has 1 aromatic heterocycles. The third-order valence-electron chi connectivity index (χ3n) is 4.31. The van der Waals surface area contributed by atoms with Gasteiger partial charge >= 0.3 is 11.9 Å². The van der Waals surface area contributed by atoms with Gasteiger partial charge in [-0.25, -0.2) is 0 Å². The summed E-state index contributed by atoms with van der Waals surface area (Å²) in [4.78, 5) is 32.5. The Morgan fingerprint density at radius 1 is 1.46 bits per heavy atom. The van der Waals surface area contributed by atoms with Crippen LogP contribution in [0, 0.1) is 23.7 Å². The predicted octanol–water partition coefficient (Wildman–Crippen LogP) is 2.07. The smallest absolute Gasteiger partial charge is 0.309 e. The van der Waals surface area contributed by atoms with Crippen LogP contribution in [0.25, 0.3) is 0 Å². The summed E-state index contributed by atoms with van der Waals surface area (Å²) in [5, 5.41) is 10.9. The number of carbonyl (C=O) groups excluding carboxylic acids is 2. The topological polar surface area (TPSA) is 116 Å². The van der Waals surface area contributed by atoms with Crippen molar-refractivity contribution >= 4 is 29.7 Å². The highest BCUT2D eigenvalue weighted by Gasteiger charge is 2.63. The summed E-state index contributed by atoms with van der Waals surface area (Å²) in [6, 6.07) is 3.84. The lowest BCUT2D eigenvalue weighted by Gasteiger charge is -2.12.